The normalized spacial score (nSPS) is 12.1. The van der Waals surface area contributed by atoms with Gasteiger partial charge in [-0.1, -0.05) is 54.6 Å². The van der Waals surface area contributed by atoms with Crippen LogP contribution in [0, 0.1) is 0 Å². The molecule has 10 heteroatoms. The van der Waals surface area contributed by atoms with E-state index in [0.29, 0.717) is 30.2 Å². The van der Waals surface area contributed by atoms with Gasteiger partial charge in [0, 0.05) is 36.9 Å². The van der Waals surface area contributed by atoms with Crippen LogP contribution in [0.4, 0.5) is 0 Å². The van der Waals surface area contributed by atoms with Crippen molar-refractivity contribution < 1.29 is 19.1 Å². The number of thiazole rings is 1. The third-order valence-electron chi connectivity index (χ3n) is 6.59. The lowest BCUT2D eigenvalue weighted by Gasteiger charge is -2.23. The summed E-state index contributed by atoms with van der Waals surface area (Å²) in [5, 5.41) is 10.5. The molecule has 1 aromatic heterocycles. The van der Waals surface area contributed by atoms with Gasteiger partial charge in [-0.25, -0.2) is 4.98 Å². The van der Waals surface area contributed by atoms with Crippen LogP contribution in [0.3, 0.4) is 0 Å². The number of ether oxygens (including phenoxy) is 1. The van der Waals surface area contributed by atoms with Gasteiger partial charge in [0.1, 0.15) is 17.8 Å². The number of nitrogens with two attached hydrogens (primary N) is 1. The Labute approximate surface area is 249 Å². The minimum Gasteiger partial charge on any atom is -0.494 e. The monoisotopic (exact) mass is 585 g/mol. The highest BCUT2D eigenvalue weighted by molar-refractivity contribution is 7.07. The first kappa shape index (κ1) is 30.4. The summed E-state index contributed by atoms with van der Waals surface area (Å²) in [7, 11) is 0. The number of hydrogen-bond acceptors (Lipinski definition) is 7. The second kappa shape index (κ2) is 15.5. The largest absolute Gasteiger partial charge is 0.494 e. The lowest BCUT2D eigenvalue weighted by Crippen LogP contribution is -2.55. The molecular formula is C32H35N5O4S. The number of hydrogen-bond donors (Lipinski definition) is 4. The number of nitrogens with zero attached hydrogens (tertiary/aromatic N) is 1. The lowest BCUT2D eigenvalue weighted by atomic mass is 10.0. The first-order valence-corrected chi connectivity index (χ1v) is 14.7. The van der Waals surface area contributed by atoms with Crippen LogP contribution in [0.25, 0.3) is 0 Å². The number of amides is 3. The van der Waals surface area contributed by atoms with Crippen LogP contribution in [0.2, 0.25) is 0 Å². The smallest absolute Gasteiger partial charge is 0.251 e. The molecule has 0 fully saturated rings. The van der Waals surface area contributed by atoms with Gasteiger partial charge in [0.05, 0.1) is 17.8 Å². The van der Waals surface area contributed by atoms with Crippen molar-refractivity contribution in [3.8, 4) is 5.75 Å². The predicted molar refractivity (Wildman–Crippen MR) is 163 cm³/mol. The van der Waals surface area contributed by atoms with Crippen molar-refractivity contribution in [1.29, 1.82) is 0 Å². The van der Waals surface area contributed by atoms with Crippen LogP contribution in [-0.4, -0.2) is 41.4 Å². The maximum absolute atomic E-state index is 13.7. The average Bonchev–Trinajstić information content (AvgIpc) is 3.54. The van der Waals surface area contributed by atoms with Gasteiger partial charge in [0.15, 0.2) is 0 Å². The zero-order chi connectivity index (χ0) is 29.7. The second-order valence-corrected chi connectivity index (χ2v) is 10.4. The van der Waals surface area contributed by atoms with Gasteiger partial charge in [-0.15, -0.1) is 11.3 Å². The highest BCUT2D eigenvalue weighted by atomic mass is 32.1. The van der Waals surface area contributed by atoms with E-state index in [-0.39, 0.29) is 31.2 Å². The Hall–Kier alpha value is -4.54. The summed E-state index contributed by atoms with van der Waals surface area (Å²) in [5.41, 5.74) is 11.2. The maximum atomic E-state index is 13.7. The van der Waals surface area contributed by atoms with Crippen molar-refractivity contribution in [2.24, 2.45) is 5.73 Å². The fraction of sp³-hybridized carbons (Fsp3) is 0.250. The summed E-state index contributed by atoms with van der Waals surface area (Å²) in [6, 6.07) is 21.8. The van der Waals surface area contributed by atoms with Crippen molar-refractivity contribution in [3.05, 3.63) is 118 Å². The molecule has 2 atom stereocenters. The molecule has 9 nitrogen and oxygen atoms in total. The molecule has 0 radical (unpaired) electrons. The topological polar surface area (TPSA) is 135 Å². The Kier molecular flexibility index (Phi) is 11.2. The van der Waals surface area contributed by atoms with E-state index in [1.807, 2.05) is 66.9 Å². The van der Waals surface area contributed by atoms with Crippen molar-refractivity contribution in [1.82, 2.24) is 20.9 Å². The molecule has 0 aliphatic rings. The van der Waals surface area contributed by atoms with Gasteiger partial charge in [-0.05, 0) is 47.9 Å². The van der Waals surface area contributed by atoms with E-state index in [9.17, 15) is 14.4 Å². The van der Waals surface area contributed by atoms with Crippen molar-refractivity contribution >= 4 is 29.1 Å². The van der Waals surface area contributed by atoms with Gasteiger partial charge < -0.3 is 26.4 Å². The molecule has 0 bridgehead atoms. The minimum absolute atomic E-state index is 0.204. The number of carbonyl (C=O) groups is 3. The van der Waals surface area contributed by atoms with Gasteiger partial charge in [0.2, 0.25) is 11.8 Å². The highest BCUT2D eigenvalue weighted by Crippen LogP contribution is 2.15. The van der Waals surface area contributed by atoms with Crippen LogP contribution < -0.4 is 26.4 Å². The number of carbonyl (C=O) groups excluding carboxylic acids is 3. The average molecular weight is 586 g/mol. The molecule has 0 unspecified atom stereocenters. The molecule has 0 saturated heterocycles. The molecule has 1 heterocycles. The van der Waals surface area contributed by atoms with E-state index in [1.165, 1.54) is 11.3 Å². The predicted octanol–water partition coefficient (Wildman–Crippen LogP) is 3.39. The van der Waals surface area contributed by atoms with Crippen molar-refractivity contribution in [2.45, 2.75) is 44.9 Å². The Morgan fingerprint density at radius 3 is 2.14 bits per heavy atom. The quantitative estimate of drug-likeness (QED) is 0.179. The molecular weight excluding hydrogens is 550 g/mol. The Morgan fingerprint density at radius 2 is 1.50 bits per heavy atom. The van der Waals surface area contributed by atoms with E-state index in [0.717, 1.165) is 16.7 Å². The zero-order valence-corrected chi connectivity index (χ0v) is 24.2. The third kappa shape index (κ3) is 8.98. The molecule has 0 aliphatic heterocycles. The molecule has 0 spiro atoms. The summed E-state index contributed by atoms with van der Waals surface area (Å²) in [5.74, 6) is -0.499. The van der Waals surface area contributed by atoms with E-state index in [4.69, 9.17) is 10.5 Å². The van der Waals surface area contributed by atoms with Crippen LogP contribution >= 0.6 is 11.3 Å². The van der Waals surface area contributed by atoms with E-state index >= 15 is 0 Å². The SMILES string of the molecule is CCOc1ccc(C[C@@H](NC(=O)c2ccccc2)C(=O)N[C@@H](Cc2cscn2)C(=O)NCc2ccc(CN)cc2)cc1. The first-order chi connectivity index (χ1) is 20.4. The Bertz CT molecular complexity index is 1430. The summed E-state index contributed by atoms with van der Waals surface area (Å²) < 4.78 is 5.53. The third-order valence-corrected chi connectivity index (χ3v) is 7.22. The summed E-state index contributed by atoms with van der Waals surface area (Å²) >= 11 is 1.41. The summed E-state index contributed by atoms with van der Waals surface area (Å²) in [6.45, 7) is 3.17. The molecule has 5 N–H and O–H groups in total. The first-order valence-electron chi connectivity index (χ1n) is 13.8. The number of rotatable bonds is 14. The van der Waals surface area contributed by atoms with Crippen LogP contribution in [-0.2, 0) is 35.5 Å². The number of aromatic nitrogens is 1. The minimum atomic E-state index is -0.940. The zero-order valence-electron chi connectivity index (χ0n) is 23.4. The molecule has 4 rings (SSSR count). The molecule has 0 saturated carbocycles. The molecule has 3 amide bonds. The van der Waals surface area contributed by atoms with Crippen LogP contribution in [0.15, 0.2) is 89.8 Å². The fourth-order valence-corrected chi connectivity index (χ4v) is 4.87. The second-order valence-electron chi connectivity index (χ2n) is 9.66. The van der Waals surface area contributed by atoms with E-state index < -0.39 is 18.0 Å². The number of benzene rings is 3. The van der Waals surface area contributed by atoms with Gasteiger partial charge in [0.25, 0.3) is 5.91 Å². The summed E-state index contributed by atoms with van der Waals surface area (Å²) in [6.07, 6.45) is 0.422. The van der Waals surface area contributed by atoms with Crippen LogP contribution in [0.5, 0.6) is 5.75 Å². The highest BCUT2D eigenvalue weighted by Gasteiger charge is 2.28. The maximum Gasteiger partial charge on any atom is 0.251 e. The Morgan fingerprint density at radius 1 is 0.833 bits per heavy atom. The molecule has 4 aromatic rings. The van der Waals surface area contributed by atoms with Crippen molar-refractivity contribution in [2.75, 3.05) is 6.61 Å². The van der Waals surface area contributed by atoms with Gasteiger partial charge in [-0.3, -0.25) is 14.4 Å². The molecule has 3 aromatic carbocycles. The molecule has 0 aliphatic carbocycles. The Balaban J connectivity index is 1.51. The van der Waals surface area contributed by atoms with E-state index in [1.54, 1.807) is 29.8 Å². The molecule has 42 heavy (non-hydrogen) atoms. The molecule has 218 valence electrons. The standard InChI is InChI=1S/C32H35N5O4S/c1-2-41-27-14-12-22(13-15-27)16-28(36-30(38)25-6-4-3-5-7-25)32(40)37-29(17-26-20-42-21-35-26)31(39)34-19-24-10-8-23(18-33)9-11-24/h3-15,20-21,28-29H,2,16-19,33H2,1H3,(H,34,39)(H,36,38)(H,37,40)/t28-,29+/m1/s1. The van der Waals surface area contributed by atoms with Gasteiger partial charge in [-0.2, -0.15) is 0 Å². The number of nitrogens with one attached hydrogen (secondary N) is 3. The summed E-state index contributed by atoms with van der Waals surface area (Å²) in [4.78, 5) is 44.4. The van der Waals surface area contributed by atoms with Gasteiger partial charge >= 0.3 is 0 Å². The lowest BCUT2D eigenvalue weighted by molar-refractivity contribution is -0.130. The van der Waals surface area contributed by atoms with Crippen molar-refractivity contribution in [3.63, 3.8) is 0 Å². The fourth-order valence-electron chi connectivity index (χ4n) is 4.30. The van der Waals surface area contributed by atoms with E-state index in [2.05, 4.69) is 20.9 Å². The van der Waals surface area contributed by atoms with Crippen LogP contribution in [0.1, 0.15) is 39.7 Å².